The third-order valence-corrected chi connectivity index (χ3v) is 2.89. The van der Waals surface area contributed by atoms with Crippen LogP contribution in [0.4, 0.5) is 0 Å². The van der Waals surface area contributed by atoms with Gasteiger partial charge in [-0.1, -0.05) is 17.7 Å². The van der Waals surface area contributed by atoms with Crippen molar-refractivity contribution in [3.8, 4) is 5.75 Å². The molecule has 1 aromatic rings. The number of carboxylic acids is 1. The molecule has 110 valence electrons. The number of hydrogen-bond acceptors (Lipinski definition) is 3. The van der Waals surface area contributed by atoms with Crippen LogP contribution in [0.15, 0.2) is 18.2 Å². The van der Waals surface area contributed by atoms with E-state index in [4.69, 9.17) is 9.84 Å². The normalized spacial score (nSPS) is 11.8. The second-order valence-corrected chi connectivity index (χ2v) is 4.96. The first-order valence-electron chi connectivity index (χ1n) is 6.59. The molecule has 1 atom stereocenters. The van der Waals surface area contributed by atoms with Crippen molar-refractivity contribution in [2.45, 2.75) is 39.7 Å². The van der Waals surface area contributed by atoms with Gasteiger partial charge in [-0.25, -0.2) is 0 Å². The van der Waals surface area contributed by atoms with Crippen LogP contribution in [0.1, 0.15) is 30.9 Å². The molecule has 5 heteroatoms. The number of nitrogens with one attached hydrogen (secondary N) is 1. The topological polar surface area (TPSA) is 75.6 Å². The van der Waals surface area contributed by atoms with Crippen LogP contribution in [-0.4, -0.2) is 29.6 Å². The van der Waals surface area contributed by atoms with E-state index in [2.05, 4.69) is 5.32 Å². The number of hydrogen-bond donors (Lipinski definition) is 2. The minimum Gasteiger partial charge on any atom is -0.484 e. The van der Waals surface area contributed by atoms with E-state index in [0.29, 0.717) is 12.2 Å². The largest absolute Gasteiger partial charge is 0.484 e. The summed E-state index contributed by atoms with van der Waals surface area (Å²) in [6.07, 6.45) is 0.448. The smallest absolute Gasteiger partial charge is 0.303 e. The van der Waals surface area contributed by atoms with Crippen molar-refractivity contribution < 1.29 is 19.4 Å². The highest BCUT2D eigenvalue weighted by Crippen LogP contribution is 2.18. The molecule has 0 spiro atoms. The highest BCUT2D eigenvalue weighted by molar-refractivity contribution is 5.78. The van der Waals surface area contributed by atoms with Gasteiger partial charge in [0.2, 0.25) is 0 Å². The molecule has 20 heavy (non-hydrogen) atoms. The number of aliphatic carboxylic acids is 1. The van der Waals surface area contributed by atoms with Crippen LogP contribution in [0.3, 0.4) is 0 Å². The van der Waals surface area contributed by atoms with Gasteiger partial charge in [0.25, 0.3) is 5.91 Å². The summed E-state index contributed by atoms with van der Waals surface area (Å²) in [6, 6.07) is 5.57. The molecule has 5 nitrogen and oxygen atoms in total. The van der Waals surface area contributed by atoms with Gasteiger partial charge in [-0.05, 0) is 38.8 Å². The van der Waals surface area contributed by atoms with Crippen LogP contribution in [0, 0.1) is 13.8 Å². The molecule has 1 rings (SSSR count). The Morgan fingerprint density at radius 3 is 2.65 bits per heavy atom. The average Bonchev–Trinajstić information content (AvgIpc) is 2.35. The van der Waals surface area contributed by atoms with E-state index in [0.717, 1.165) is 11.1 Å². The summed E-state index contributed by atoms with van der Waals surface area (Å²) in [6.45, 7) is 5.63. The number of benzene rings is 1. The number of amides is 1. The average molecular weight is 279 g/mol. The van der Waals surface area contributed by atoms with Crippen LogP contribution in [0.25, 0.3) is 0 Å². The number of rotatable bonds is 7. The molecule has 1 unspecified atom stereocenters. The predicted octanol–water partition coefficient (Wildman–Crippen LogP) is 2.05. The Labute approximate surface area is 118 Å². The molecule has 0 aliphatic heterocycles. The number of ether oxygens (including phenoxy) is 1. The molecule has 0 aliphatic carbocycles. The summed E-state index contributed by atoms with van der Waals surface area (Å²) in [4.78, 5) is 22.1. The van der Waals surface area contributed by atoms with Crippen LogP contribution in [0.2, 0.25) is 0 Å². The van der Waals surface area contributed by atoms with Gasteiger partial charge >= 0.3 is 5.97 Å². The van der Waals surface area contributed by atoms with Crippen molar-refractivity contribution in [3.05, 3.63) is 29.3 Å². The maximum Gasteiger partial charge on any atom is 0.303 e. The molecular formula is C15H21NO4. The standard InChI is InChI=1S/C15H21NO4/c1-10-4-6-13(11(2)8-10)20-9-14(17)16-12(3)5-7-15(18)19/h4,6,8,12H,5,7,9H2,1-3H3,(H,16,17)(H,18,19). The summed E-state index contributed by atoms with van der Waals surface area (Å²) < 4.78 is 5.45. The first kappa shape index (κ1) is 16.0. The van der Waals surface area contributed by atoms with Gasteiger partial charge in [-0.3, -0.25) is 9.59 Å². The maximum absolute atomic E-state index is 11.7. The Bertz CT molecular complexity index is 485. The SMILES string of the molecule is Cc1ccc(OCC(=O)NC(C)CCC(=O)O)c(C)c1. The fraction of sp³-hybridized carbons (Fsp3) is 0.467. The molecular weight excluding hydrogens is 258 g/mol. The van der Waals surface area contributed by atoms with E-state index in [1.807, 2.05) is 32.0 Å². The Morgan fingerprint density at radius 2 is 2.05 bits per heavy atom. The van der Waals surface area contributed by atoms with E-state index >= 15 is 0 Å². The maximum atomic E-state index is 11.7. The van der Waals surface area contributed by atoms with Gasteiger partial charge in [0, 0.05) is 12.5 Å². The number of aryl methyl sites for hydroxylation is 2. The van der Waals surface area contributed by atoms with E-state index < -0.39 is 5.97 Å². The van der Waals surface area contributed by atoms with Crippen molar-refractivity contribution in [3.63, 3.8) is 0 Å². The van der Waals surface area contributed by atoms with Crippen LogP contribution in [0.5, 0.6) is 5.75 Å². The summed E-state index contributed by atoms with van der Waals surface area (Å²) in [5, 5.41) is 11.3. The minimum atomic E-state index is -0.863. The lowest BCUT2D eigenvalue weighted by Gasteiger charge is -2.14. The van der Waals surface area contributed by atoms with Gasteiger partial charge in [0.1, 0.15) is 5.75 Å². The van der Waals surface area contributed by atoms with Gasteiger partial charge in [-0.15, -0.1) is 0 Å². The van der Waals surface area contributed by atoms with Gasteiger partial charge in [0.15, 0.2) is 6.61 Å². The quantitative estimate of drug-likeness (QED) is 0.801. The third-order valence-electron chi connectivity index (χ3n) is 2.89. The lowest BCUT2D eigenvalue weighted by molar-refractivity contribution is -0.137. The third kappa shape index (κ3) is 5.73. The van der Waals surface area contributed by atoms with Gasteiger partial charge < -0.3 is 15.2 Å². The van der Waals surface area contributed by atoms with Crippen molar-refractivity contribution in [2.75, 3.05) is 6.61 Å². The Morgan fingerprint density at radius 1 is 1.35 bits per heavy atom. The lowest BCUT2D eigenvalue weighted by Crippen LogP contribution is -2.36. The summed E-state index contributed by atoms with van der Waals surface area (Å²) in [7, 11) is 0. The summed E-state index contributed by atoms with van der Waals surface area (Å²) in [5.41, 5.74) is 2.12. The first-order chi connectivity index (χ1) is 9.38. The second-order valence-electron chi connectivity index (χ2n) is 4.96. The van der Waals surface area contributed by atoms with Crippen LogP contribution in [-0.2, 0) is 9.59 Å². The molecule has 0 aliphatic rings. The van der Waals surface area contributed by atoms with Crippen LogP contribution < -0.4 is 10.1 Å². The van der Waals surface area contributed by atoms with E-state index in [1.54, 1.807) is 6.92 Å². The first-order valence-corrected chi connectivity index (χ1v) is 6.59. The lowest BCUT2D eigenvalue weighted by atomic mass is 10.1. The van der Waals surface area contributed by atoms with Gasteiger partial charge in [-0.2, -0.15) is 0 Å². The molecule has 0 fully saturated rings. The molecule has 0 saturated heterocycles. The number of carbonyl (C=O) groups is 2. The van der Waals surface area contributed by atoms with E-state index in [9.17, 15) is 9.59 Å². The molecule has 0 radical (unpaired) electrons. The molecule has 0 saturated carbocycles. The van der Waals surface area contributed by atoms with E-state index in [-0.39, 0.29) is 25.0 Å². The zero-order chi connectivity index (χ0) is 15.1. The van der Waals surface area contributed by atoms with Crippen molar-refractivity contribution in [2.24, 2.45) is 0 Å². The highest BCUT2D eigenvalue weighted by atomic mass is 16.5. The fourth-order valence-electron chi connectivity index (χ4n) is 1.83. The molecule has 1 amide bonds. The number of carboxylic acid groups (broad SMARTS) is 1. The van der Waals surface area contributed by atoms with Crippen molar-refractivity contribution >= 4 is 11.9 Å². The summed E-state index contributed by atoms with van der Waals surface area (Å²) >= 11 is 0. The predicted molar refractivity (Wildman–Crippen MR) is 75.9 cm³/mol. The monoisotopic (exact) mass is 279 g/mol. The second kappa shape index (κ2) is 7.53. The van der Waals surface area contributed by atoms with Gasteiger partial charge in [0.05, 0.1) is 0 Å². The molecule has 0 bridgehead atoms. The zero-order valence-electron chi connectivity index (χ0n) is 12.1. The molecule has 2 N–H and O–H groups in total. The fourth-order valence-corrected chi connectivity index (χ4v) is 1.83. The zero-order valence-corrected chi connectivity index (χ0v) is 12.1. The Balaban J connectivity index is 2.37. The number of carbonyl (C=O) groups excluding carboxylic acids is 1. The molecule has 0 heterocycles. The highest BCUT2D eigenvalue weighted by Gasteiger charge is 2.10. The van der Waals surface area contributed by atoms with Crippen LogP contribution >= 0.6 is 0 Å². The van der Waals surface area contributed by atoms with Crippen molar-refractivity contribution in [1.29, 1.82) is 0 Å². The van der Waals surface area contributed by atoms with E-state index in [1.165, 1.54) is 0 Å². The Kier molecular flexibility index (Phi) is 6.03. The minimum absolute atomic E-state index is 0.0410. The van der Waals surface area contributed by atoms with Crippen molar-refractivity contribution in [1.82, 2.24) is 5.32 Å². The summed E-state index contributed by atoms with van der Waals surface area (Å²) in [5.74, 6) is -0.426. The Hall–Kier alpha value is -2.04. The molecule has 0 aromatic heterocycles. The molecule has 1 aromatic carbocycles.